The maximum Gasteiger partial charge on any atom is 0.220 e. The number of aliphatic hydroxyl groups excluding tert-OH is 1. The van der Waals surface area contributed by atoms with Gasteiger partial charge in [0.1, 0.15) is 0 Å². The number of rotatable bonds is 6. The van der Waals surface area contributed by atoms with Crippen molar-refractivity contribution >= 4 is 5.91 Å². The van der Waals surface area contributed by atoms with Crippen LogP contribution in [0, 0.1) is 5.92 Å². The number of nitrogens with zero attached hydrogens (tertiary/aromatic N) is 1. The van der Waals surface area contributed by atoms with Gasteiger partial charge in [-0.3, -0.25) is 4.79 Å². The standard InChI is InChI=1S/C12H25N3O2/c1-15(2)8-11(16)7-14-10-5-3-9(4-6-10)12(13)17/h9-11,14,16H,3-8H2,1-2H3,(H2,13,17). The Morgan fingerprint density at radius 1 is 1.41 bits per heavy atom. The summed E-state index contributed by atoms with van der Waals surface area (Å²) in [6.07, 6.45) is 3.36. The van der Waals surface area contributed by atoms with Crippen molar-refractivity contribution in [2.75, 3.05) is 27.2 Å². The van der Waals surface area contributed by atoms with E-state index in [1.165, 1.54) is 0 Å². The lowest BCUT2D eigenvalue weighted by atomic mass is 9.85. The summed E-state index contributed by atoms with van der Waals surface area (Å²) in [6, 6.07) is 0.419. The molecular weight excluding hydrogens is 218 g/mol. The Morgan fingerprint density at radius 2 is 2.00 bits per heavy atom. The van der Waals surface area contributed by atoms with Crippen LogP contribution < -0.4 is 11.1 Å². The number of nitrogens with one attached hydrogen (secondary N) is 1. The molecule has 1 fully saturated rings. The minimum absolute atomic E-state index is 0.0553. The molecule has 0 aromatic heterocycles. The highest BCUT2D eigenvalue weighted by Gasteiger charge is 2.24. The van der Waals surface area contributed by atoms with Gasteiger partial charge in [0.25, 0.3) is 0 Å². The first kappa shape index (κ1) is 14.4. The number of carbonyl (C=O) groups is 1. The molecule has 0 radical (unpaired) electrons. The molecule has 5 heteroatoms. The third-order valence-electron chi connectivity index (χ3n) is 3.35. The molecule has 4 N–H and O–H groups in total. The van der Waals surface area contributed by atoms with E-state index in [0.717, 1.165) is 25.7 Å². The second-order valence-corrected chi connectivity index (χ2v) is 5.28. The maximum absolute atomic E-state index is 11.0. The van der Waals surface area contributed by atoms with E-state index in [1.54, 1.807) is 0 Å². The van der Waals surface area contributed by atoms with Gasteiger partial charge in [0.15, 0.2) is 0 Å². The molecule has 1 unspecified atom stereocenters. The highest BCUT2D eigenvalue weighted by atomic mass is 16.3. The minimum Gasteiger partial charge on any atom is -0.390 e. The zero-order chi connectivity index (χ0) is 12.8. The number of hydrogen-bond acceptors (Lipinski definition) is 4. The van der Waals surface area contributed by atoms with Gasteiger partial charge >= 0.3 is 0 Å². The SMILES string of the molecule is CN(C)CC(O)CNC1CCC(C(N)=O)CC1. The molecular formula is C12H25N3O2. The van der Waals surface area contributed by atoms with Gasteiger partial charge in [-0.25, -0.2) is 0 Å². The predicted molar refractivity (Wildman–Crippen MR) is 67.5 cm³/mol. The number of nitrogens with two attached hydrogens (primary N) is 1. The minimum atomic E-state index is -0.334. The van der Waals surface area contributed by atoms with Gasteiger partial charge in [-0.15, -0.1) is 0 Å². The van der Waals surface area contributed by atoms with Crippen LogP contribution in [0.4, 0.5) is 0 Å². The second kappa shape index (κ2) is 6.93. The molecule has 1 atom stereocenters. The number of primary amides is 1. The van der Waals surface area contributed by atoms with E-state index in [4.69, 9.17) is 5.73 Å². The van der Waals surface area contributed by atoms with E-state index < -0.39 is 0 Å². The maximum atomic E-state index is 11.0. The molecule has 0 heterocycles. The third-order valence-corrected chi connectivity index (χ3v) is 3.35. The highest BCUT2D eigenvalue weighted by Crippen LogP contribution is 2.23. The van der Waals surface area contributed by atoms with E-state index in [2.05, 4.69) is 5.32 Å². The first-order valence-electron chi connectivity index (χ1n) is 6.34. The van der Waals surface area contributed by atoms with E-state index in [9.17, 15) is 9.90 Å². The Morgan fingerprint density at radius 3 is 2.47 bits per heavy atom. The van der Waals surface area contributed by atoms with Crippen LogP contribution in [-0.4, -0.2) is 55.2 Å². The van der Waals surface area contributed by atoms with Crippen molar-refractivity contribution in [1.29, 1.82) is 0 Å². The van der Waals surface area contributed by atoms with Crippen LogP contribution in [0.15, 0.2) is 0 Å². The quantitative estimate of drug-likeness (QED) is 0.590. The lowest BCUT2D eigenvalue weighted by Crippen LogP contribution is -2.42. The van der Waals surface area contributed by atoms with Gasteiger partial charge in [0.05, 0.1) is 6.10 Å². The number of amides is 1. The number of carbonyl (C=O) groups excluding carboxylic acids is 1. The molecule has 5 nitrogen and oxygen atoms in total. The van der Waals surface area contributed by atoms with Crippen molar-refractivity contribution in [1.82, 2.24) is 10.2 Å². The average Bonchev–Trinajstić information content (AvgIpc) is 2.26. The fraction of sp³-hybridized carbons (Fsp3) is 0.917. The van der Waals surface area contributed by atoms with E-state index in [-0.39, 0.29) is 17.9 Å². The second-order valence-electron chi connectivity index (χ2n) is 5.28. The number of likely N-dealkylation sites (N-methyl/N-ethyl adjacent to an activating group) is 1. The van der Waals surface area contributed by atoms with Crippen LogP contribution in [0.3, 0.4) is 0 Å². The van der Waals surface area contributed by atoms with Gasteiger partial charge in [0, 0.05) is 25.0 Å². The largest absolute Gasteiger partial charge is 0.390 e. The highest BCUT2D eigenvalue weighted by molar-refractivity contribution is 5.76. The number of aliphatic hydroxyl groups is 1. The Hall–Kier alpha value is -0.650. The summed E-state index contributed by atoms with van der Waals surface area (Å²) < 4.78 is 0. The average molecular weight is 243 g/mol. The van der Waals surface area contributed by atoms with Gasteiger partial charge < -0.3 is 21.1 Å². The summed E-state index contributed by atoms with van der Waals surface area (Å²) in [5, 5.41) is 13.1. The Balaban J connectivity index is 2.16. The van der Waals surface area contributed by atoms with Crippen molar-refractivity contribution in [2.45, 2.75) is 37.8 Å². The molecule has 1 aliphatic rings. The summed E-state index contributed by atoms with van der Waals surface area (Å²) in [6.45, 7) is 1.29. The first-order valence-corrected chi connectivity index (χ1v) is 6.34. The fourth-order valence-corrected chi connectivity index (χ4v) is 2.37. The molecule has 0 saturated heterocycles. The molecule has 0 bridgehead atoms. The topological polar surface area (TPSA) is 78.6 Å². The molecule has 1 rings (SSSR count). The number of hydrogen-bond donors (Lipinski definition) is 3. The predicted octanol–water partition coefficient (Wildman–Crippen LogP) is -0.457. The van der Waals surface area contributed by atoms with E-state index in [0.29, 0.717) is 19.1 Å². The van der Waals surface area contributed by atoms with Crippen molar-refractivity contribution in [2.24, 2.45) is 11.7 Å². The van der Waals surface area contributed by atoms with Gasteiger partial charge in [-0.1, -0.05) is 0 Å². The summed E-state index contributed by atoms with van der Waals surface area (Å²) in [5.74, 6) is -0.115. The molecule has 0 aliphatic heterocycles. The Bertz CT molecular complexity index is 238. The van der Waals surface area contributed by atoms with Crippen molar-refractivity contribution in [3.05, 3.63) is 0 Å². The molecule has 1 saturated carbocycles. The first-order chi connectivity index (χ1) is 7.99. The van der Waals surface area contributed by atoms with Gasteiger partial charge in [-0.05, 0) is 39.8 Å². The van der Waals surface area contributed by atoms with E-state index in [1.807, 2.05) is 19.0 Å². The van der Waals surface area contributed by atoms with Crippen molar-refractivity contribution in [3.63, 3.8) is 0 Å². The summed E-state index contributed by atoms with van der Waals surface area (Å²) in [7, 11) is 3.89. The summed E-state index contributed by atoms with van der Waals surface area (Å²) in [5.41, 5.74) is 5.28. The molecule has 1 amide bonds. The fourth-order valence-electron chi connectivity index (χ4n) is 2.37. The third kappa shape index (κ3) is 5.48. The zero-order valence-corrected chi connectivity index (χ0v) is 10.9. The van der Waals surface area contributed by atoms with Crippen LogP contribution in [0.25, 0.3) is 0 Å². The lowest BCUT2D eigenvalue weighted by Gasteiger charge is -2.28. The van der Waals surface area contributed by atoms with Crippen LogP contribution in [0.5, 0.6) is 0 Å². The normalized spacial score (nSPS) is 27.1. The molecule has 0 spiro atoms. The van der Waals surface area contributed by atoms with Crippen molar-refractivity contribution in [3.8, 4) is 0 Å². The van der Waals surface area contributed by atoms with Crippen molar-refractivity contribution < 1.29 is 9.90 Å². The molecule has 1 aliphatic carbocycles. The summed E-state index contributed by atoms with van der Waals surface area (Å²) >= 11 is 0. The van der Waals surface area contributed by atoms with Gasteiger partial charge in [0.2, 0.25) is 5.91 Å². The Labute approximate surface area is 103 Å². The molecule has 0 aromatic carbocycles. The van der Waals surface area contributed by atoms with Crippen LogP contribution >= 0.6 is 0 Å². The molecule has 100 valence electrons. The van der Waals surface area contributed by atoms with E-state index >= 15 is 0 Å². The van der Waals surface area contributed by atoms with Crippen LogP contribution in [-0.2, 0) is 4.79 Å². The zero-order valence-electron chi connectivity index (χ0n) is 10.9. The van der Waals surface area contributed by atoms with Crippen LogP contribution in [0.2, 0.25) is 0 Å². The van der Waals surface area contributed by atoms with Gasteiger partial charge in [-0.2, -0.15) is 0 Å². The molecule has 0 aromatic rings. The Kier molecular flexibility index (Phi) is 5.88. The smallest absolute Gasteiger partial charge is 0.220 e. The molecule has 17 heavy (non-hydrogen) atoms. The monoisotopic (exact) mass is 243 g/mol. The summed E-state index contributed by atoms with van der Waals surface area (Å²) in [4.78, 5) is 13.0. The van der Waals surface area contributed by atoms with Crippen LogP contribution in [0.1, 0.15) is 25.7 Å². The lowest BCUT2D eigenvalue weighted by molar-refractivity contribution is -0.122.